The van der Waals surface area contributed by atoms with Crippen LogP contribution >= 0.6 is 0 Å². The molecule has 0 unspecified atom stereocenters. The van der Waals surface area contributed by atoms with Crippen LogP contribution < -0.4 is 0 Å². The fraction of sp³-hybridized carbons (Fsp3) is 0.722. The number of carboxylic acids is 1. The molecule has 1 N–H and O–H groups in total. The maximum atomic E-state index is 10.3. The molecule has 0 atom stereocenters. The van der Waals surface area contributed by atoms with Crippen LogP contribution in [-0.4, -0.2) is 11.1 Å². The van der Waals surface area contributed by atoms with Gasteiger partial charge in [0.25, 0.3) is 0 Å². The first-order chi connectivity index (χ1) is 9.77. The minimum absolute atomic E-state index is 0.316. The zero-order valence-corrected chi connectivity index (χ0v) is 13.0. The first kappa shape index (κ1) is 18.8. The summed E-state index contributed by atoms with van der Waals surface area (Å²) in [6.45, 7) is 2.22. The summed E-state index contributed by atoms with van der Waals surface area (Å²) in [5, 5.41) is 8.50. The maximum Gasteiger partial charge on any atom is 0.303 e. The van der Waals surface area contributed by atoms with Gasteiger partial charge in [0.05, 0.1) is 0 Å². The number of rotatable bonds is 12. The number of carboxylic acid groups (broad SMARTS) is 1. The number of unbranched alkanes of at least 4 members (excludes halogenated alkanes) is 9. The SMILES string of the molecule is CCCCCC=CC#CCCCCCCCCC(=O)O. The van der Waals surface area contributed by atoms with Crippen LogP contribution in [-0.2, 0) is 4.79 Å². The molecule has 0 aliphatic carbocycles. The van der Waals surface area contributed by atoms with Crippen LogP contribution in [0.1, 0.15) is 84.0 Å². The molecule has 0 saturated heterocycles. The molecule has 0 fully saturated rings. The Labute approximate surface area is 124 Å². The summed E-state index contributed by atoms with van der Waals surface area (Å²) in [6, 6.07) is 0. The Morgan fingerprint density at radius 1 is 1.00 bits per heavy atom. The van der Waals surface area contributed by atoms with Gasteiger partial charge in [-0.3, -0.25) is 4.79 Å². The lowest BCUT2D eigenvalue weighted by Crippen LogP contribution is -1.93. The van der Waals surface area contributed by atoms with Gasteiger partial charge >= 0.3 is 5.97 Å². The van der Waals surface area contributed by atoms with Crippen molar-refractivity contribution in [3.05, 3.63) is 12.2 Å². The predicted octanol–water partition coefficient (Wildman–Crippen LogP) is 5.33. The molecule has 0 heterocycles. The summed E-state index contributed by atoms with van der Waals surface area (Å²) in [5.74, 6) is 5.59. The average molecular weight is 278 g/mol. The average Bonchev–Trinajstić information content (AvgIpc) is 2.43. The highest BCUT2D eigenvalue weighted by molar-refractivity contribution is 5.66. The highest BCUT2D eigenvalue weighted by Gasteiger charge is 1.95. The molecular weight excluding hydrogens is 248 g/mol. The zero-order valence-electron chi connectivity index (χ0n) is 13.0. The Morgan fingerprint density at radius 2 is 1.70 bits per heavy atom. The number of hydrogen-bond acceptors (Lipinski definition) is 1. The van der Waals surface area contributed by atoms with E-state index in [0.29, 0.717) is 6.42 Å². The smallest absolute Gasteiger partial charge is 0.303 e. The molecule has 0 rings (SSSR count). The second kappa shape index (κ2) is 15.8. The van der Waals surface area contributed by atoms with Gasteiger partial charge in [0, 0.05) is 12.8 Å². The molecule has 0 bridgehead atoms. The second-order valence-electron chi connectivity index (χ2n) is 5.23. The molecule has 0 saturated carbocycles. The summed E-state index contributed by atoms with van der Waals surface area (Å²) in [6.07, 6.45) is 17.0. The van der Waals surface area contributed by atoms with Crippen LogP contribution in [0.2, 0.25) is 0 Å². The lowest BCUT2D eigenvalue weighted by Gasteiger charge is -1.98. The van der Waals surface area contributed by atoms with Crippen LogP contribution in [0.4, 0.5) is 0 Å². The summed E-state index contributed by atoms with van der Waals surface area (Å²) >= 11 is 0. The lowest BCUT2D eigenvalue weighted by atomic mass is 10.1. The van der Waals surface area contributed by atoms with Gasteiger partial charge in [0.1, 0.15) is 0 Å². The fourth-order valence-corrected chi connectivity index (χ4v) is 1.98. The van der Waals surface area contributed by atoms with Gasteiger partial charge in [-0.25, -0.2) is 0 Å². The molecule has 20 heavy (non-hydrogen) atoms. The van der Waals surface area contributed by atoms with Crippen molar-refractivity contribution in [2.75, 3.05) is 0 Å². The largest absolute Gasteiger partial charge is 0.481 e. The fourth-order valence-electron chi connectivity index (χ4n) is 1.98. The monoisotopic (exact) mass is 278 g/mol. The van der Waals surface area contributed by atoms with Crippen LogP contribution in [0.25, 0.3) is 0 Å². The van der Waals surface area contributed by atoms with E-state index in [1.807, 2.05) is 6.08 Å². The second-order valence-corrected chi connectivity index (χ2v) is 5.23. The molecule has 0 spiro atoms. The van der Waals surface area contributed by atoms with Crippen molar-refractivity contribution in [3.8, 4) is 11.8 Å². The Balaban J connectivity index is 3.21. The molecule has 0 aliphatic heterocycles. The standard InChI is InChI=1S/C18H30O2/c1-2-3-4-5-6-7-8-9-10-11-12-13-14-15-16-17-18(19)20/h6-7H,2-5,10-17H2,1H3,(H,19,20). The Kier molecular flexibility index (Phi) is 14.9. The Hall–Kier alpha value is -1.23. The predicted molar refractivity (Wildman–Crippen MR) is 85.6 cm³/mol. The Morgan fingerprint density at radius 3 is 2.40 bits per heavy atom. The summed E-state index contributed by atoms with van der Waals surface area (Å²) in [5.41, 5.74) is 0. The van der Waals surface area contributed by atoms with E-state index in [0.717, 1.165) is 38.5 Å². The van der Waals surface area contributed by atoms with E-state index in [1.165, 1.54) is 32.1 Å². The molecule has 0 aliphatic rings. The molecule has 114 valence electrons. The highest BCUT2D eigenvalue weighted by Crippen LogP contribution is 2.08. The molecule has 2 nitrogen and oxygen atoms in total. The van der Waals surface area contributed by atoms with Crippen molar-refractivity contribution < 1.29 is 9.90 Å². The molecule has 0 aromatic carbocycles. The van der Waals surface area contributed by atoms with E-state index in [1.54, 1.807) is 0 Å². The van der Waals surface area contributed by atoms with Crippen molar-refractivity contribution in [3.63, 3.8) is 0 Å². The molecule has 0 aromatic rings. The number of aliphatic carboxylic acids is 1. The van der Waals surface area contributed by atoms with Crippen LogP contribution in [0, 0.1) is 11.8 Å². The van der Waals surface area contributed by atoms with Crippen molar-refractivity contribution in [2.24, 2.45) is 0 Å². The lowest BCUT2D eigenvalue weighted by molar-refractivity contribution is -0.137. The minimum Gasteiger partial charge on any atom is -0.481 e. The topological polar surface area (TPSA) is 37.3 Å². The van der Waals surface area contributed by atoms with Crippen LogP contribution in [0.3, 0.4) is 0 Å². The third-order valence-corrected chi connectivity index (χ3v) is 3.22. The van der Waals surface area contributed by atoms with Gasteiger partial charge in [-0.1, -0.05) is 63.4 Å². The van der Waals surface area contributed by atoms with Gasteiger partial charge in [-0.15, -0.1) is 0 Å². The number of allylic oxidation sites excluding steroid dienone is 2. The van der Waals surface area contributed by atoms with E-state index < -0.39 is 5.97 Å². The van der Waals surface area contributed by atoms with Crippen LogP contribution in [0.15, 0.2) is 12.2 Å². The highest BCUT2D eigenvalue weighted by atomic mass is 16.4. The van der Waals surface area contributed by atoms with Gasteiger partial charge < -0.3 is 5.11 Å². The third kappa shape index (κ3) is 16.8. The summed E-state index contributed by atoms with van der Waals surface area (Å²) in [7, 11) is 0. The van der Waals surface area contributed by atoms with Crippen molar-refractivity contribution >= 4 is 5.97 Å². The molecule has 2 heteroatoms. The normalized spacial score (nSPS) is 10.4. The quantitative estimate of drug-likeness (QED) is 0.387. The molecule has 0 aromatic heterocycles. The Bertz CT molecular complexity index is 307. The van der Waals surface area contributed by atoms with Gasteiger partial charge in [0.15, 0.2) is 0 Å². The van der Waals surface area contributed by atoms with E-state index >= 15 is 0 Å². The number of carbonyl (C=O) groups is 1. The molecule has 0 amide bonds. The van der Waals surface area contributed by atoms with E-state index in [2.05, 4.69) is 24.8 Å². The van der Waals surface area contributed by atoms with Crippen molar-refractivity contribution in [2.45, 2.75) is 84.0 Å². The first-order valence-corrected chi connectivity index (χ1v) is 8.12. The van der Waals surface area contributed by atoms with Crippen molar-refractivity contribution in [1.82, 2.24) is 0 Å². The third-order valence-electron chi connectivity index (χ3n) is 3.22. The van der Waals surface area contributed by atoms with E-state index in [-0.39, 0.29) is 0 Å². The van der Waals surface area contributed by atoms with Gasteiger partial charge in [0.2, 0.25) is 0 Å². The zero-order chi connectivity index (χ0) is 14.9. The molecular formula is C18H30O2. The van der Waals surface area contributed by atoms with Crippen molar-refractivity contribution in [1.29, 1.82) is 0 Å². The minimum atomic E-state index is -0.678. The number of hydrogen-bond donors (Lipinski definition) is 1. The first-order valence-electron chi connectivity index (χ1n) is 8.12. The summed E-state index contributed by atoms with van der Waals surface area (Å²) < 4.78 is 0. The van der Waals surface area contributed by atoms with Gasteiger partial charge in [-0.2, -0.15) is 0 Å². The summed E-state index contributed by atoms with van der Waals surface area (Å²) in [4.78, 5) is 10.3. The maximum absolute atomic E-state index is 10.3. The van der Waals surface area contributed by atoms with Crippen LogP contribution in [0.5, 0.6) is 0 Å². The molecule has 0 radical (unpaired) electrons. The van der Waals surface area contributed by atoms with E-state index in [9.17, 15) is 4.79 Å². The van der Waals surface area contributed by atoms with E-state index in [4.69, 9.17) is 5.11 Å². The van der Waals surface area contributed by atoms with Gasteiger partial charge in [-0.05, 0) is 31.8 Å².